The fourth-order valence-corrected chi connectivity index (χ4v) is 2.25. The van der Waals surface area contributed by atoms with E-state index in [1.807, 2.05) is 13.1 Å². The van der Waals surface area contributed by atoms with E-state index in [0.29, 0.717) is 0 Å². The van der Waals surface area contributed by atoms with Gasteiger partial charge in [0, 0.05) is 22.1 Å². The molecule has 0 spiro atoms. The Bertz CT molecular complexity index is 416. The minimum absolute atomic E-state index is 0.0332. The molecule has 1 aromatic carbocycles. The topological polar surface area (TPSA) is 55.2 Å². The van der Waals surface area contributed by atoms with Gasteiger partial charge in [0.05, 0.1) is 4.92 Å². The van der Waals surface area contributed by atoms with Crippen LogP contribution in [-0.2, 0) is 5.54 Å². The first-order valence-corrected chi connectivity index (χ1v) is 5.51. The van der Waals surface area contributed by atoms with Gasteiger partial charge in [-0.25, -0.2) is 0 Å². The largest absolute Gasteiger partial charge is 0.310 e. The van der Waals surface area contributed by atoms with Crippen LogP contribution < -0.4 is 5.32 Å². The van der Waals surface area contributed by atoms with Crippen LogP contribution in [0.5, 0.6) is 0 Å². The molecule has 1 aromatic rings. The molecule has 0 amide bonds. The lowest BCUT2D eigenvalue weighted by Crippen LogP contribution is -2.24. The quantitative estimate of drug-likeness (QED) is 0.679. The first-order valence-electron chi connectivity index (χ1n) is 4.72. The number of hydrogen-bond acceptors (Lipinski definition) is 3. The Morgan fingerprint density at radius 2 is 2.13 bits per heavy atom. The summed E-state index contributed by atoms with van der Waals surface area (Å²) in [6.45, 7) is 0. The zero-order valence-corrected chi connectivity index (χ0v) is 9.87. The van der Waals surface area contributed by atoms with Crippen molar-refractivity contribution >= 4 is 21.6 Å². The molecule has 0 atom stereocenters. The SMILES string of the molecule is CNC1(c2cc(Br)cc([N+](=O)[O-])c2)CC1. The summed E-state index contributed by atoms with van der Waals surface area (Å²) in [7, 11) is 1.89. The smallest absolute Gasteiger partial charge is 0.270 e. The van der Waals surface area contributed by atoms with E-state index in [-0.39, 0.29) is 16.1 Å². The fraction of sp³-hybridized carbons (Fsp3) is 0.400. The molecule has 0 unspecified atom stereocenters. The van der Waals surface area contributed by atoms with E-state index >= 15 is 0 Å². The van der Waals surface area contributed by atoms with Gasteiger partial charge in [0.2, 0.25) is 0 Å². The van der Waals surface area contributed by atoms with Crippen LogP contribution in [0.4, 0.5) is 5.69 Å². The van der Waals surface area contributed by atoms with E-state index in [9.17, 15) is 10.1 Å². The summed E-state index contributed by atoms with van der Waals surface area (Å²) in [5.74, 6) is 0. The molecular weight excluding hydrogens is 260 g/mol. The van der Waals surface area contributed by atoms with Gasteiger partial charge in [0.15, 0.2) is 0 Å². The van der Waals surface area contributed by atoms with Gasteiger partial charge in [0.1, 0.15) is 0 Å². The number of nitrogens with one attached hydrogen (secondary N) is 1. The van der Waals surface area contributed by atoms with Gasteiger partial charge >= 0.3 is 0 Å². The summed E-state index contributed by atoms with van der Waals surface area (Å²) >= 11 is 3.30. The first-order chi connectivity index (χ1) is 7.07. The Labute approximate surface area is 96.0 Å². The Morgan fingerprint density at radius 1 is 1.47 bits per heavy atom. The molecule has 1 fully saturated rings. The van der Waals surface area contributed by atoms with Gasteiger partial charge in [-0.1, -0.05) is 15.9 Å². The Morgan fingerprint density at radius 3 is 2.60 bits per heavy atom. The zero-order chi connectivity index (χ0) is 11.1. The average Bonchev–Trinajstić information content (AvgIpc) is 2.97. The molecule has 1 N–H and O–H groups in total. The van der Waals surface area contributed by atoms with E-state index in [4.69, 9.17) is 0 Å². The third-order valence-corrected chi connectivity index (χ3v) is 3.33. The van der Waals surface area contributed by atoms with Crippen LogP contribution in [-0.4, -0.2) is 12.0 Å². The maximum atomic E-state index is 10.7. The first kappa shape index (κ1) is 10.6. The number of nitro groups is 1. The van der Waals surface area contributed by atoms with Crippen molar-refractivity contribution in [3.05, 3.63) is 38.3 Å². The monoisotopic (exact) mass is 270 g/mol. The number of benzene rings is 1. The molecular formula is C10H11BrN2O2. The normalized spacial score (nSPS) is 17.5. The molecule has 2 rings (SSSR count). The van der Waals surface area contributed by atoms with Crippen molar-refractivity contribution in [3.8, 4) is 0 Å². The lowest BCUT2D eigenvalue weighted by molar-refractivity contribution is -0.385. The number of nitrogens with zero attached hydrogens (tertiary/aromatic N) is 1. The Kier molecular flexibility index (Phi) is 2.52. The third-order valence-electron chi connectivity index (χ3n) is 2.87. The lowest BCUT2D eigenvalue weighted by atomic mass is 10.0. The molecule has 1 saturated carbocycles. The highest BCUT2D eigenvalue weighted by molar-refractivity contribution is 9.10. The second-order valence-electron chi connectivity index (χ2n) is 3.79. The van der Waals surface area contributed by atoms with Crippen molar-refractivity contribution < 1.29 is 4.92 Å². The summed E-state index contributed by atoms with van der Waals surface area (Å²) in [5, 5.41) is 13.9. The van der Waals surface area contributed by atoms with Crippen LogP contribution in [0, 0.1) is 10.1 Å². The molecule has 1 aliphatic carbocycles. The van der Waals surface area contributed by atoms with Crippen LogP contribution in [0.15, 0.2) is 22.7 Å². The molecule has 5 heteroatoms. The lowest BCUT2D eigenvalue weighted by Gasteiger charge is -2.14. The molecule has 0 saturated heterocycles. The summed E-state index contributed by atoms with van der Waals surface area (Å²) in [5.41, 5.74) is 1.10. The van der Waals surface area contributed by atoms with Crippen molar-refractivity contribution in [2.45, 2.75) is 18.4 Å². The van der Waals surface area contributed by atoms with E-state index in [2.05, 4.69) is 21.2 Å². The maximum absolute atomic E-state index is 10.7. The molecule has 1 aliphatic rings. The van der Waals surface area contributed by atoms with Gasteiger partial charge in [-0.3, -0.25) is 10.1 Å². The highest BCUT2D eigenvalue weighted by Gasteiger charge is 2.43. The van der Waals surface area contributed by atoms with E-state index in [1.165, 1.54) is 6.07 Å². The van der Waals surface area contributed by atoms with Crippen LogP contribution in [0.2, 0.25) is 0 Å². The van der Waals surface area contributed by atoms with Crippen LogP contribution >= 0.6 is 15.9 Å². The van der Waals surface area contributed by atoms with Crippen molar-refractivity contribution in [1.82, 2.24) is 5.32 Å². The highest BCUT2D eigenvalue weighted by Crippen LogP contribution is 2.46. The second kappa shape index (κ2) is 3.57. The van der Waals surface area contributed by atoms with Crippen LogP contribution in [0.1, 0.15) is 18.4 Å². The zero-order valence-electron chi connectivity index (χ0n) is 8.29. The van der Waals surface area contributed by atoms with Gasteiger partial charge < -0.3 is 5.32 Å². The van der Waals surface area contributed by atoms with Crippen LogP contribution in [0.3, 0.4) is 0 Å². The average molecular weight is 271 g/mol. The Balaban J connectivity index is 2.44. The predicted molar refractivity (Wildman–Crippen MR) is 60.8 cm³/mol. The molecule has 15 heavy (non-hydrogen) atoms. The Hall–Kier alpha value is -0.940. The van der Waals surface area contributed by atoms with Gasteiger partial charge in [-0.15, -0.1) is 0 Å². The van der Waals surface area contributed by atoms with Gasteiger partial charge in [-0.05, 0) is 31.5 Å². The van der Waals surface area contributed by atoms with E-state index in [1.54, 1.807) is 6.07 Å². The maximum Gasteiger partial charge on any atom is 0.270 e. The molecule has 0 aromatic heterocycles. The van der Waals surface area contributed by atoms with Crippen molar-refractivity contribution in [1.29, 1.82) is 0 Å². The van der Waals surface area contributed by atoms with Crippen molar-refractivity contribution in [3.63, 3.8) is 0 Å². The van der Waals surface area contributed by atoms with Gasteiger partial charge in [0.25, 0.3) is 5.69 Å². The van der Waals surface area contributed by atoms with Crippen molar-refractivity contribution in [2.75, 3.05) is 7.05 Å². The van der Waals surface area contributed by atoms with Crippen LogP contribution in [0.25, 0.3) is 0 Å². The second-order valence-corrected chi connectivity index (χ2v) is 4.70. The number of nitro benzene ring substituents is 1. The summed E-state index contributed by atoms with van der Waals surface area (Å²) < 4.78 is 0.758. The highest BCUT2D eigenvalue weighted by atomic mass is 79.9. The molecule has 0 bridgehead atoms. The number of halogens is 1. The number of rotatable bonds is 3. The van der Waals surface area contributed by atoms with E-state index in [0.717, 1.165) is 22.9 Å². The fourth-order valence-electron chi connectivity index (χ4n) is 1.76. The van der Waals surface area contributed by atoms with Gasteiger partial charge in [-0.2, -0.15) is 0 Å². The standard InChI is InChI=1S/C10H11BrN2O2/c1-12-10(2-3-10)7-4-8(11)6-9(5-7)13(14)15/h4-6,12H,2-3H2,1H3. The summed E-state index contributed by atoms with van der Waals surface area (Å²) in [4.78, 5) is 10.3. The molecule has 0 heterocycles. The molecule has 80 valence electrons. The molecule has 4 nitrogen and oxygen atoms in total. The third kappa shape index (κ3) is 1.89. The molecule has 0 aliphatic heterocycles. The summed E-state index contributed by atoms with van der Waals surface area (Å²) in [6, 6.07) is 5.11. The number of hydrogen-bond donors (Lipinski definition) is 1. The summed E-state index contributed by atoms with van der Waals surface area (Å²) in [6.07, 6.45) is 2.08. The predicted octanol–water partition coefficient (Wildman–Crippen LogP) is 2.57. The minimum Gasteiger partial charge on any atom is -0.310 e. The molecule has 0 radical (unpaired) electrons. The van der Waals surface area contributed by atoms with Crippen molar-refractivity contribution in [2.24, 2.45) is 0 Å². The van der Waals surface area contributed by atoms with E-state index < -0.39 is 0 Å². The number of non-ortho nitro benzene ring substituents is 1. The minimum atomic E-state index is -0.361.